The van der Waals surface area contributed by atoms with Crippen molar-refractivity contribution in [3.63, 3.8) is 0 Å². The number of benzene rings is 1. The Morgan fingerprint density at radius 2 is 1.93 bits per heavy atom. The summed E-state index contributed by atoms with van der Waals surface area (Å²) in [7, 11) is 0. The standard InChI is InChI=1S/C13H22N2/c1-2-3-4-7-10-15-11-12-8-5-6-9-13(12)14/h5-6,8-9,15H,2-4,7,10-11,14H2,1H3. The molecule has 0 saturated carbocycles. The van der Waals surface area contributed by atoms with E-state index in [1.165, 1.54) is 31.2 Å². The van der Waals surface area contributed by atoms with E-state index in [9.17, 15) is 0 Å². The molecule has 0 aromatic heterocycles. The number of para-hydroxylation sites is 1. The van der Waals surface area contributed by atoms with Crippen LogP contribution in [0.5, 0.6) is 0 Å². The Labute approximate surface area is 92.9 Å². The van der Waals surface area contributed by atoms with E-state index >= 15 is 0 Å². The van der Waals surface area contributed by atoms with Crippen LogP contribution in [0.15, 0.2) is 24.3 Å². The molecular weight excluding hydrogens is 184 g/mol. The van der Waals surface area contributed by atoms with Gasteiger partial charge in [-0.05, 0) is 24.6 Å². The monoisotopic (exact) mass is 206 g/mol. The van der Waals surface area contributed by atoms with Gasteiger partial charge < -0.3 is 11.1 Å². The number of anilines is 1. The third-order valence-corrected chi connectivity index (χ3v) is 2.58. The first-order valence-electron chi connectivity index (χ1n) is 5.88. The summed E-state index contributed by atoms with van der Waals surface area (Å²) in [5.74, 6) is 0. The highest BCUT2D eigenvalue weighted by molar-refractivity contribution is 5.46. The highest BCUT2D eigenvalue weighted by Crippen LogP contribution is 2.09. The van der Waals surface area contributed by atoms with Gasteiger partial charge in [-0.15, -0.1) is 0 Å². The molecule has 0 unspecified atom stereocenters. The molecule has 1 aromatic carbocycles. The van der Waals surface area contributed by atoms with Crippen molar-refractivity contribution in [2.24, 2.45) is 0 Å². The Morgan fingerprint density at radius 1 is 1.13 bits per heavy atom. The SMILES string of the molecule is CCCCCCNCc1ccccc1N. The topological polar surface area (TPSA) is 38.0 Å². The van der Waals surface area contributed by atoms with Crippen molar-refractivity contribution in [2.75, 3.05) is 12.3 Å². The lowest BCUT2D eigenvalue weighted by atomic mass is 10.1. The zero-order valence-corrected chi connectivity index (χ0v) is 9.63. The summed E-state index contributed by atoms with van der Waals surface area (Å²) in [6, 6.07) is 8.03. The molecule has 0 aliphatic rings. The largest absolute Gasteiger partial charge is 0.398 e. The number of hydrogen-bond donors (Lipinski definition) is 2. The van der Waals surface area contributed by atoms with Gasteiger partial charge in [0.1, 0.15) is 0 Å². The zero-order valence-electron chi connectivity index (χ0n) is 9.63. The van der Waals surface area contributed by atoms with E-state index in [1.54, 1.807) is 0 Å². The third kappa shape index (κ3) is 4.84. The predicted octanol–water partition coefficient (Wildman–Crippen LogP) is 2.94. The summed E-state index contributed by atoms with van der Waals surface area (Å²) < 4.78 is 0. The predicted molar refractivity (Wildman–Crippen MR) is 66.7 cm³/mol. The first kappa shape index (κ1) is 12.1. The molecule has 0 aliphatic carbocycles. The van der Waals surface area contributed by atoms with E-state index in [2.05, 4.69) is 18.3 Å². The average Bonchev–Trinajstić information content (AvgIpc) is 2.25. The molecule has 1 rings (SSSR count). The summed E-state index contributed by atoms with van der Waals surface area (Å²) in [6.07, 6.45) is 5.23. The number of unbranched alkanes of at least 4 members (excludes halogenated alkanes) is 3. The second-order valence-corrected chi connectivity index (χ2v) is 3.94. The van der Waals surface area contributed by atoms with Crippen LogP contribution in [0.1, 0.15) is 38.2 Å². The molecule has 0 saturated heterocycles. The maximum absolute atomic E-state index is 5.84. The number of nitrogen functional groups attached to an aromatic ring is 1. The lowest BCUT2D eigenvalue weighted by Gasteiger charge is -2.06. The molecule has 2 heteroatoms. The summed E-state index contributed by atoms with van der Waals surface area (Å²) >= 11 is 0. The van der Waals surface area contributed by atoms with Gasteiger partial charge in [-0.3, -0.25) is 0 Å². The van der Waals surface area contributed by atoms with Crippen LogP contribution in [-0.4, -0.2) is 6.54 Å². The first-order chi connectivity index (χ1) is 7.34. The molecule has 0 amide bonds. The van der Waals surface area contributed by atoms with Gasteiger partial charge in [0.15, 0.2) is 0 Å². The van der Waals surface area contributed by atoms with E-state index in [-0.39, 0.29) is 0 Å². The molecule has 0 atom stereocenters. The Morgan fingerprint density at radius 3 is 2.67 bits per heavy atom. The molecular formula is C13H22N2. The van der Waals surface area contributed by atoms with Crippen molar-refractivity contribution in [1.29, 1.82) is 0 Å². The normalized spacial score (nSPS) is 10.5. The van der Waals surface area contributed by atoms with Crippen molar-refractivity contribution >= 4 is 5.69 Å². The smallest absolute Gasteiger partial charge is 0.0359 e. The number of nitrogens with two attached hydrogens (primary N) is 1. The Kier molecular flexibility index (Phi) is 5.86. The fraction of sp³-hybridized carbons (Fsp3) is 0.538. The van der Waals surface area contributed by atoms with E-state index in [0.29, 0.717) is 0 Å². The second-order valence-electron chi connectivity index (χ2n) is 3.94. The second kappa shape index (κ2) is 7.30. The minimum Gasteiger partial charge on any atom is -0.398 e. The van der Waals surface area contributed by atoms with Crippen molar-refractivity contribution in [1.82, 2.24) is 5.32 Å². The molecule has 0 aliphatic heterocycles. The molecule has 1 aromatic rings. The van der Waals surface area contributed by atoms with Crippen LogP contribution in [0.25, 0.3) is 0 Å². The van der Waals surface area contributed by atoms with Gasteiger partial charge in [-0.2, -0.15) is 0 Å². The summed E-state index contributed by atoms with van der Waals surface area (Å²) in [4.78, 5) is 0. The van der Waals surface area contributed by atoms with Gasteiger partial charge in [-0.25, -0.2) is 0 Å². The molecule has 0 heterocycles. The van der Waals surface area contributed by atoms with E-state index < -0.39 is 0 Å². The molecule has 84 valence electrons. The van der Waals surface area contributed by atoms with Crippen LogP contribution in [0.2, 0.25) is 0 Å². The quantitative estimate of drug-likeness (QED) is 0.532. The van der Waals surface area contributed by atoms with Crippen LogP contribution in [0.3, 0.4) is 0 Å². The van der Waals surface area contributed by atoms with E-state index in [0.717, 1.165) is 18.8 Å². The minimum absolute atomic E-state index is 0.888. The van der Waals surface area contributed by atoms with Gasteiger partial charge in [-0.1, -0.05) is 44.4 Å². The zero-order chi connectivity index (χ0) is 10.9. The van der Waals surface area contributed by atoms with Crippen LogP contribution in [0.4, 0.5) is 5.69 Å². The fourth-order valence-electron chi connectivity index (χ4n) is 1.60. The van der Waals surface area contributed by atoms with E-state index in [1.807, 2.05) is 18.2 Å². The van der Waals surface area contributed by atoms with Crippen LogP contribution in [-0.2, 0) is 6.54 Å². The molecule has 0 radical (unpaired) electrons. The Bertz CT molecular complexity index is 271. The summed E-state index contributed by atoms with van der Waals surface area (Å²) in [5, 5.41) is 3.42. The molecule has 15 heavy (non-hydrogen) atoms. The van der Waals surface area contributed by atoms with E-state index in [4.69, 9.17) is 5.73 Å². The summed E-state index contributed by atoms with van der Waals surface area (Å²) in [5.41, 5.74) is 7.93. The maximum atomic E-state index is 5.84. The number of rotatable bonds is 7. The average molecular weight is 206 g/mol. The van der Waals surface area contributed by atoms with Crippen molar-refractivity contribution in [2.45, 2.75) is 39.2 Å². The molecule has 0 bridgehead atoms. The highest BCUT2D eigenvalue weighted by atomic mass is 14.8. The van der Waals surface area contributed by atoms with Crippen LogP contribution in [0, 0.1) is 0 Å². The molecule has 0 spiro atoms. The molecule has 3 N–H and O–H groups in total. The van der Waals surface area contributed by atoms with Crippen molar-refractivity contribution < 1.29 is 0 Å². The fourth-order valence-corrected chi connectivity index (χ4v) is 1.60. The van der Waals surface area contributed by atoms with Gasteiger partial charge in [0.05, 0.1) is 0 Å². The Hall–Kier alpha value is -1.02. The van der Waals surface area contributed by atoms with Gasteiger partial charge in [0.2, 0.25) is 0 Å². The van der Waals surface area contributed by atoms with Crippen molar-refractivity contribution in [3.05, 3.63) is 29.8 Å². The lowest BCUT2D eigenvalue weighted by Crippen LogP contribution is -2.15. The first-order valence-corrected chi connectivity index (χ1v) is 5.88. The third-order valence-electron chi connectivity index (χ3n) is 2.58. The number of nitrogens with one attached hydrogen (secondary N) is 1. The van der Waals surface area contributed by atoms with Crippen molar-refractivity contribution in [3.8, 4) is 0 Å². The highest BCUT2D eigenvalue weighted by Gasteiger charge is 1.96. The Balaban J connectivity index is 2.12. The van der Waals surface area contributed by atoms with Gasteiger partial charge in [0.25, 0.3) is 0 Å². The minimum atomic E-state index is 0.888. The molecule has 0 fully saturated rings. The van der Waals surface area contributed by atoms with Gasteiger partial charge in [0, 0.05) is 12.2 Å². The van der Waals surface area contributed by atoms with Crippen LogP contribution >= 0.6 is 0 Å². The molecule has 2 nitrogen and oxygen atoms in total. The van der Waals surface area contributed by atoms with Gasteiger partial charge >= 0.3 is 0 Å². The maximum Gasteiger partial charge on any atom is 0.0359 e. The summed E-state index contributed by atoms with van der Waals surface area (Å²) in [6.45, 7) is 4.21. The number of hydrogen-bond acceptors (Lipinski definition) is 2. The van der Waals surface area contributed by atoms with Crippen LogP contribution < -0.4 is 11.1 Å². The lowest BCUT2D eigenvalue weighted by molar-refractivity contribution is 0.598.